The van der Waals surface area contributed by atoms with Crippen LogP contribution in [0.4, 0.5) is 0 Å². The summed E-state index contributed by atoms with van der Waals surface area (Å²) in [5, 5.41) is 0. The van der Waals surface area contributed by atoms with Crippen LogP contribution in [0, 0.1) is 0 Å². The van der Waals surface area contributed by atoms with Crippen molar-refractivity contribution in [3.8, 4) is 0 Å². The van der Waals surface area contributed by atoms with Gasteiger partial charge in [-0.05, 0) is 32.2 Å². The average Bonchev–Trinajstić information content (AvgIpc) is 2.88. The van der Waals surface area contributed by atoms with Gasteiger partial charge < -0.3 is 0 Å². The number of hydrogen-bond acceptors (Lipinski definition) is 2. The van der Waals surface area contributed by atoms with Gasteiger partial charge in [-0.25, -0.2) is 0 Å². The predicted molar refractivity (Wildman–Crippen MR) is 58.4 cm³/mol. The molecular weight excluding hydrogens is 172 g/mol. The zero-order valence-electron chi connectivity index (χ0n) is 9.12. The first-order valence-corrected chi connectivity index (χ1v) is 6.41. The van der Waals surface area contributed by atoms with Crippen LogP contribution in [0.5, 0.6) is 0 Å². The molecule has 0 aromatic carbocycles. The summed E-state index contributed by atoms with van der Waals surface area (Å²) in [6.07, 6.45) is 8.83. The van der Waals surface area contributed by atoms with Gasteiger partial charge in [0.05, 0.1) is 0 Å². The lowest BCUT2D eigenvalue weighted by molar-refractivity contribution is 0.0734. The summed E-state index contributed by atoms with van der Waals surface area (Å²) in [4.78, 5) is 5.50. The fraction of sp³-hybridized carbons (Fsp3) is 1.00. The summed E-state index contributed by atoms with van der Waals surface area (Å²) in [6, 6.07) is 1.88. The molecule has 14 heavy (non-hydrogen) atoms. The standard InChI is InChI=1S/C12H22N2/c1-2-5-11(4-1)14-9-8-13-7-3-6-12(13)10-14/h11-12H,1-10H2. The van der Waals surface area contributed by atoms with Gasteiger partial charge in [0.1, 0.15) is 0 Å². The zero-order chi connectivity index (χ0) is 9.38. The van der Waals surface area contributed by atoms with Crippen molar-refractivity contribution in [2.75, 3.05) is 26.2 Å². The highest BCUT2D eigenvalue weighted by molar-refractivity contribution is 4.90. The fourth-order valence-electron chi connectivity index (χ4n) is 3.62. The molecule has 2 heteroatoms. The molecule has 0 aromatic heterocycles. The van der Waals surface area contributed by atoms with Crippen molar-refractivity contribution in [2.45, 2.75) is 50.6 Å². The van der Waals surface area contributed by atoms with E-state index in [0.717, 1.165) is 12.1 Å². The summed E-state index contributed by atoms with van der Waals surface area (Å²) in [6.45, 7) is 5.45. The van der Waals surface area contributed by atoms with Crippen molar-refractivity contribution in [2.24, 2.45) is 0 Å². The van der Waals surface area contributed by atoms with E-state index in [9.17, 15) is 0 Å². The third-order valence-corrected chi connectivity index (χ3v) is 4.46. The van der Waals surface area contributed by atoms with E-state index in [1.54, 1.807) is 0 Å². The Bertz CT molecular complexity index is 198. The summed E-state index contributed by atoms with van der Waals surface area (Å²) in [5.41, 5.74) is 0. The molecule has 2 aliphatic heterocycles. The molecule has 80 valence electrons. The van der Waals surface area contributed by atoms with E-state index in [2.05, 4.69) is 9.80 Å². The molecule has 3 fully saturated rings. The number of piperazine rings is 1. The largest absolute Gasteiger partial charge is 0.298 e. The number of hydrogen-bond donors (Lipinski definition) is 0. The van der Waals surface area contributed by atoms with Gasteiger partial charge in [-0.3, -0.25) is 9.80 Å². The first-order valence-electron chi connectivity index (χ1n) is 6.41. The Hall–Kier alpha value is -0.0800. The maximum Gasteiger partial charge on any atom is 0.0224 e. The van der Waals surface area contributed by atoms with Gasteiger partial charge in [-0.1, -0.05) is 12.8 Å². The van der Waals surface area contributed by atoms with Crippen LogP contribution in [0.3, 0.4) is 0 Å². The Kier molecular flexibility index (Phi) is 2.50. The molecular formula is C12H22N2. The SMILES string of the molecule is C1CCC(N2CCN3CCCC3C2)C1. The lowest BCUT2D eigenvalue weighted by Crippen LogP contribution is -2.52. The normalized spacial score (nSPS) is 36.4. The van der Waals surface area contributed by atoms with E-state index >= 15 is 0 Å². The monoisotopic (exact) mass is 194 g/mol. The molecule has 3 rings (SSSR count). The minimum atomic E-state index is 0.921. The molecule has 1 saturated carbocycles. The molecule has 0 spiro atoms. The van der Waals surface area contributed by atoms with Crippen LogP contribution in [0.15, 0.2) is 0 Å². The van der Waals surface area contributed by atoms with Crippen LogP contribution in [0.1, 0.15) is 38.5 Å². The van der Waals surface area contributed by atoms with Crippen LogP contribution in [0.2, 0.25) is 0 Å². The maximum atomic E-state index is 2.79. The van der Waals surface area contributed by atoms with Crippen molar-refractivity contribution in [3.05, 3.63) is 0 Å². The summed E-state index contributed by atoms with van der Waals surface area (Å²) in [7, 11) is 0. The van der Waals surface area contributed by atoms with E-state index < -0.39 is 0 Å². The molecule has 2 nitrogen and oxygen atoms in total. The highest BCUT2D eigenvalue weighted by Gasteiger charge is 2.33. The summed E-state index contributed by atoms with van der Waals surface area (Å²) < 4.78 is 0. The molecule has 0 N–H and O–H groups in total. The molecule has 0 amide bonds. The van der Waals surface area contributed by atoms with Crippen LogP contribution in [-0.4, -0.2) is 48.1 Å². The molecule has 1 atom stereocenters. The quantitative estimate of drug-likeness (QED) is 0.627. The van der Waals surface area contributed by atoms with Gasteiger partial charge in [0, 0.05) is 31.7 Å². The Labute approximate surface area is 87.3 Å². The van der Waals surface area contributed by atoms with E-state index in [4.69, 9.17) is 0 Å². The van der Waals surface area contributed by atoms with Gasteiger partial charge in [0.15, 0.2) is 0 Å². The smallest absolute Gasteiger partial charge is 0.0224 e. The molecule has 2 heterocycles. The minimum Gasteiger partial charge on any atom is -0.298 e. The van der Waals surface area contributed by atoms with Crippen molar-refractivity contribution in [1.29, 1.82) is 0 Å². The molecule has 0 radical (unpaired) electrons. The second-order valence-corrected chi connectivity index (χ2v) is 5.27. The topological polar surface area (TPSA) is 6.48 Å². The van der Waals surface area contributed by atoms with E-state index in [1.165, 1.54) is 64.7 Å². The fourth-order valence-corrected chi connectivity index (χ4v) is 3.62. The molecule has 3 aliphatic rings. The number of rotatable bonds is 1. The van der Waals surface area contributed by atoms with E-state index in [0.29, 0.717) is 0 Å². The molecule has 2 saturated heterocycles. The maximum absolute atomic E-state index is 2.79. The van der Waals surface area contributed by atoms with Crippen molar-refractivity contribution in [1.82, 2.24) is 9.80 Å². The van der Waals surface area contributed by atoms with Crippen LogP contribution >= 0.6 is 0 Å². The third-order valence-electron chi connectivity index (χ3n) is 4.46. The predicted octanol–water partition coefficient (Wildman–Crippen LogP) is 1.71. The zero-order valence-corrected chi connectivity index (χ0v) is 9.12. The Balaban J connectivity index is 1.60. The summed E-state index contributed by atoms with van der Waals surface area (Å²) >= 11 is 0. The van der Waals surface area contributed by atoms with Gasteiger partial charge in [-0.15, -0.1) is 0 Å². The molecule has 0 bridgehead atoms. The van der Waals surface area contributed by atoms with E-state index in [-0.39, 0.29) is 0 Å². The van der Waals surface area contributed by atoms with Gasteiger partial charge in [-0.2, -0.15) is 0 Å². The second-order valence-electron chi connectivity index (χ2n) is 5.27. The summed E-state index contributed by atoms with van der Waals surface area (Å²) in [5.74, 6) is 0. The number of nitrogens with zero attached hydrogens (tertiary/aromatic N) is 2. The van der Waals surface area contributed by atoms with Gasteiger partial charge in [0.25, 0.3) is 0 Å². The average molecular weight is 194 g/mol. The van der Waals surface area contributed by atoms with Gasteiger partial charge in [0.2, 0.25) is 0 Å². The third kappa shape index (κ3) is 1.59. The van der Waals surface area contributed by atoms with Gasteiger partial charge >= 0.3 is 0 Å². The van der Waals surface area contributed by atoms with Crippen molar-refractivity contribution in [3.63, 3.8) is 0 Å². The second kappa shape index (κ2) is 3.82. The van der Waals surface area contributed by atoms with Crippen LogP contribution in [0.25, 0.3) is 0 Å². The number of fused-ring (bicyclic) bond motifs is 1. The highest BCUT2D eigenvalue weighted by atomic mass is 15.3. The Morgan fingerprint density at radius 3 is 2.21 bits per heavy atom. The Morgan fingerprint density at radius 1 is 0.643 bits per heavy atom. The van der Waals surface area contributed by atoms with Crippen LogP contribution < -0.4 is 0 Å². The van der Waals surface area contributed by atoms with E-state index in [1.807, 2.05) is 0 Å². The molecule has 0 aromatic rings. The first-order chi connectivity index (χ1) is 6.93. The minimum absolute atomic E-state index is 0.921. The van der Waals surface area contributed by atoms with Crippen molar-refractivity contribution >= 4 is 0 Å². The first kappa shape index (κ1) is 9.17. The molecule has 1 aliphatic carbocycles. The highest BCUT2D eigenvalue weighted by Crippen LogP contribution is 2.28. The Morgan fingerprint density at radius 2 is 1.36 bits per heavy atom. The molecule has 1 unspecified atom stereocenters. The van der Waals surface area contributed by atoms with Crippen LogP contribution in [-0.2, 0) is 0 Å². The lowest BCUT2D eigenvalue weighted by atomic mass is 10.1. The van der Waals surface area contributed by atoms with Crippen molar-refractivity contribution < 1.29 is 0 Å². The lowest BCUT2D eigenvalue weighted by Gasteiger charge is -2.40.